The average molecular weight is 315 g/mol. The van der Waals surface area contributed by atoms with Crippen LogP contribution in [0.25, 0.3) is 0 Å². The lowest BCUT2D eigenvalue weighted by Gasteiger charge is -2.32. The van der Waals surface area contributed by atoms with Crippen molar-refractivity contribution in [2.24, 2.45) is 0 Å². The number of hydrogen-bond acceptors (Lipinski definition) is 3. The molecule has 1 aliphatic rings. The molecule has 0 saturated carbocycles. The average Bonchev–Trinajstić information content (AvgIpc) is 2.57. The molecule has 116 valence electrons. The number of likely N-dealkylation sites (tertiary alicyclic amines) is 1. The van der Waals surface area contributed by atoms with Gasteiger partial charge in [0.2, 0.25) is 0 Å². The molecule has 3 rings (SSSR count). The number of piperidine rings is 1. The number of sulfone groups is 1. The van der Waals surface area contributed by atoms with Gasteiger partial charge in [-0.2, -0.15) is 0 Å². The van der Waals surface area contributed by atoms with Crippen LogP contribution in [0.1, 0.15) is 18.4 Å². The van der Waals surface area contributed by atoms with Crippen molar-refractivity contribution in [1.82, 2.24) is 4.90 Å². The summed E-state index contributed by atoms with van der Waals surface area (Å²) in [5.74, 6) is 0. The van der Waals surface area contributed by atoms with Crippen LogP contribution in [-0.2, 0) is 16.4 Å². The standard InChI is InChI=1S/C18H21NO2S/c20-22(21,17-10-5-2-6-11-17)18-12-7-13-19(15-18)14-16-8-3-1-4-9-16/h1-6,8-11,18H,7,12-15H2. The van der Waals surface area contributed by atoms with Gasteiger partial charge in [0.15, 0.2) is 9.84 Å². The van der Waals surface area contributed by atoms with E-state index >= 15 is 0 Å². The van der Waals surface area contributed by atoms with Gasteiger partial charge in [-0.15, -0.1) is 0 Å². The fourth-order valence-electron chi connectivity index (χ4n) is 3.05. The second-order valence-electron chi connectivity index (χ2n) is 5.84. The maximum absolute atomic E-state index is 12.8. The molecule has 0 radical (unpaired) electrons. The van der Waals surface area contributed by atoms with Crippen LogP contribution in [0.4, 0.5) is 0 Å². The van der Waals surface area contributed by atoms with Crippen LogP contribution < -0.4 is 0 Å². The van der Waals surface area contributed by atoms with Crippen molar-refractivity contribution in [3.8, 4) is 0 Å². The van der Waals surface area contributed by atoms with Gasteiger partial charge in [0, 0.05) is 13.1 Å². The summed E-state index contributed by atoms with van der Waals surface area (Å²) >= 11 is 0. The lowest BCUT2D eigenvalue weighted by molar-refractivity contribution is 0.222. The molecule has 1 saturated heterocycles. The predicted molar refractivity (Wildman–Crippen MR) is 88.4 cm³/mol. The molecular weight excluding hydrogens is 294 g/mol. The van der Waals surface area contributed by atoms with Crippen LogP contribution in [0.15, 0.2) is 65.6 Å². The number of nitrogens with zero attached hydrogens (tertiary/aromatic N) is 1. The summed E-state index contributed by atoms with van der Waals surface area (Å²) in [6, 6.07) is 19.1. The Kier molecular flexibility index (Phi) is 4.60. The Bertz CT molecular complexity index is 698. The highest BCUT2D eigenvalue weighted by atomic mass is 32.2. The Hall–Kier alpha value is -1.65. The van der Waals surface area contributed by atoms with Crippen molar-refractivity contribution in [3.05, 3.63) is 66.2 Å². The SMILES string of the molecule is O=S(=O)(c1ccccc1)C1CCCN(Cc2ccccc2)C1. The summed E-state index contributed by atoms with van der Waals surface area (Å²) in [7, 11) is -3.23. The highest BCUT2D eigenvalue weighted by molar-refractivity contribution is 7.92. The van der Waals surface area contributed by atoms with Gasteiger partial charge in [0.25, 0.3) is 0 Å². The summed E-state index contributed by atoms with van der Waals surface area (Å²) < 4.78 is 25.5. The molecule has 2 aromatic carbocycles. The van der Waals surface area contributed by atoms with Crippen molar-refractivity contribution >= 4 is 9.84 Å². The van der Waals surface area contributed by atoms with Gasteiger partial charge in [-0.05, 0) is 37.1 Å². The minimum absolute atomic E-state index is 0.299. The molecule has 2 aromatic rings. The van der Waals surface area contributed by atoms with Crippen LogP contribution in [0.5, 0.6) is 0 Å². The molecule has 0 N–H and O–H groups in total. The molecule has 0 aromatic heterocycles. The molecule has 0 spiro atoms. The van der Waals surface area contributed by atoms with Crippen LogP contribution in [0, 0.1) is 0 Å². The molecule has 4 heteroatoms. The van der Waals surface area contributed by atoms with E-state index in [0.717, 1.165) is 25.9 Å². The third-order valence-electron chi connectivity index (χ3n) is 4.22. The van der Waals surface area contributed by atoms with E-state index in [1.165, 1.54) is 5.56 Å². The van der Waals surface area contributed by atoms with Crippen LogP contribution in [0.2, 0.25) is 0 Å². The highest BCUT2D eigenvalue weighted by Crippen LogP contribution is 2.24. The molecule has 1 heterocycles. The lowest BCUT2D eigenvalue weighted by Crippen LogP contribution is -2.41. The summed E-state index contributed by atoms with van der Waals surface area (Å²) in [6.07, 6.45) is 1.69. The Morgan fingerprint density at radius 1 is 0.955 bits per heavy atom. The molecule has 0 aliphatic carbocycles. The van der Waals surface area contributed by atoms with Gasteiger partial charge in [-0.1, -0.05) is 48.5 Å². The van der Waals surface area contributed by atoms with Gasteiger partial charge >= 0.3 is 0 Å². The van der Waals surface area contributed by atoms with Crippen molar-refractivity contribution in [1.29, 1.82) is 0 Å². The van der Waals surface area contributed by atoms with E-state index in [4.69, 9.17) is 0 Å². The molecule has 1 unspecified atom stereocenters. The maximum atomic E-state index is 12.8. The molecule has 1 atom stereocenters. The molecular formula is C18H21NO2S. The summed E-state index contributed by atoms with van der Waals surface area (Å²) in [4.78, 5) is 2.70. The summed E-state index contributed by atoms with van der Waals surface area (Å²) in [5.41, 5.74) is 1.24. The van der Waals surface area contributed by atoms with Crippen molar-refractivity contribution < 1.29 is 8.42 Å². The summed E-state index contributed by atoms with van der Waals surface area (Å²) in [6.45, 7) is 2.41. The molecule has 1 aliphatic heterocycles. The zero-order valence-electron chi connectivity index (χ0n) is 12.6. The minimum atomic E-state index is -3.23. The van der Waals surface area contributed by atoms with E-state index in [2.05, 4.69) is 17.0 Å². The van der Waals surface area contributed by atoms with Gasteiger partial charge < -0.3 is 0 Å². The molecule has 22 heavy (non-hydrogen) atoms. The van der Waals surface area contributed by atoms with Gasteiger partial charge in [0.1, 0.15) is 0 Å². The van der Waals surface area contributed by atoms with Gasteiger partial charge in [-0.25, -0.2) is 8.42 Å². The second kappa shape index (κ2) is 6.63. The van der Waals surface area contributed by atoms with Crippen molar-refractivity contribution in [2.75, 3.05) is 13.1 Å². The van der Waals surface area contributed by atoms with Crippen molar-refractivity contribution in [2.45, 2.75) is 29.5 Å². The number of rotatable bonds is 4. The molecule has 0 amide bonds. The zero-order chi connectivity index (χ0) is 15.4. The van der Waals surface area contributed by atoms with Gasteiger partial charge in [0.05, 0.1) is 10.1 Å². The third-order valence-corrected chi connectivity index (χ3v) is 6.41. The quantitative estimate of drug-likeness (QED) is 0.870. The third kappa shape index (κ3) is 3.39. The van der Waals surface area contributed by atoms with Crippen LogP contribution in [0.3, 0.4) is 0 Å². The molecule has 0 bridgehead atoms. The first kappa shape index (κ1) is 15.3. The monoisotopic (exact) mass is 315 g/mol. The number of benzene rings is 2. The maximum Gasteiger partial charge on any atom is 0.182 e. The first-order valence-corrected chi connectivity index (χ1v) is 9.26. The first-order chi connectivity index (χ1) is 10.7. The predicted octanol–water partition coefficient (Wildman–Crippen LogP) is 3.12. The van der Waals surface area contributed by atoms with E-state index in [0.29, 0.717) is 11.4 Å². The largest absolute Gasteiger partial charge is 0.298 e. The van der Waals surface area contributed by atoms with E-state index in [1.54, 1.807) is 24.3 Å². The lowest BCUT2D eigenvalue weighted by atomic mass is 10.1. The van der Waals surface area contributed by atoms with Crippen molar-refractivity contribution in [3.63, 3.8) is 0 Å². The fraction of sp³-hybridized carbons (Fsp3) is 0.333. The normalized spacial score (nSPS) is 19.9. The van der Waals surface area contributed by atoms with Crippen LogP contribution >= 0.6 is 0 Å². The first-order valence-electron chi connectivity index (χ1n) is 7.71. The Morgan fingerprint density at radius 2 is 1.59 bits per heavy atom. The Morgan fingerprint density at radius 3 is 2.27 bits per heavy atom. The van der Waals surface area contributed by atoms with E-state index < -0.39 is 9.84 Å². The van der Waals surface area contributed by atoms with Gasteiger partial charge in [-0.3, -0.25) is 4.90 Å². The van der Waals surface area contributed by atoms with E-state index in [9.17, 15) is 8.42 Å². The Balaban J connectivity index is 1.73. The Labute approximate surface area is 132 Å². The second-order valence-corrected chi connectivity index (χ2v) is 8.07. The highest BCUT2D eigenvalue weighted by Gasteiger charge is 2.31. The number of hydrogen-bond donors (Lipinski definition) is 0. The zero-order valence-corrected chi connectivity index (χ0v) is 13.4. The van der Waals surface area contributed by atoms with Crippen LogP contribution in [-0.4, -0.2) is 31.7 Å². The summed E-state index contributed by atoms with van der Waals surface area (Å²) in [5, 5.41) is -0.299. The van der Waals surface area contributed by atoms with E-state index in [1.807, 2.05) is 24.3 Å². The smallest absolute Gasteiger partial charge is 0.182 e. The topological polar surface area (TPSA) is 37.4 Å². The molecule has 1 fully saturated rings. The fourth-order valence-corrected chi connectivity index (χ4v) is 4.86. The minimum Gasteiger partial charge on any atom is -0.298 e. The van der Waals surface area contributed by atoms with E-state index in [-0.39, 0.29) is 5.25 Å². The molecule has 3 nitrogen and oxygen atoms in total.